The van der Waals surface area contributed by atoms with Crippen LogP contribution < -0.4 is 0 Å². The molecule has 0 radical (unpaired) electrons. The zero-order valence-electron chi connectivity index (χ0n) is 14.3. The van der Waals surface area contributed by atoms with Crippen molar-refractivity contribution >= 4 is 5.97 Å². The Morgan fingerprint density at radius 3 is 1.56 bits per heavy atom. The Morgan fingerprint density at radius 1 is 0.680 bits per heavy atom. The smallest absolute Gasteiger partial charge is 0.344 e. The maximum Gasteiger partial charge on any atom is 0.344 e. The van der Waals surface area contributed by atoms with E-state index in [1.54, 1.807) is 0 Å². The third-order valence-corrected chi connectivity index (χ3v) is 3.89. The van der Waals surface area contributed by atoms with Gasteiger partial charge in [-0.25, -0.2) is 26.7 Å². The van der Waals surface area contributed by atoms with Gasteiger partial charge in [-0.2, -0.15) is 0 Å². The molecule has 0 saturated heterocycles. The minimum absolute atomic E-state index is 0.131. The van der Waals surface area contributed by atoms with Gasteiger partial charge in [0, 0.05) is 0 Å². The number of hydrogen-bond acceptors (Lipinski definition) is 2. The highest BCUT2D eigenvalue weighted by Gasteiger charge is 2.30. The summed E-state index contributed by atoms with van der Waals surface area (Å²) in [5.74, 6) is -12.5. The van der Waals surface area contributed by atoms with Gasteiger partial charge in [-0.15, -0.1) is 0 Å². The van der Waals surface area contributed by atoms with Crippen LogP contribution in [0.15, 0.2) is 0 Å². The van der Waals surface area contributed by atoms with Crippen LogP contribution in [0.4, 0.5) is 22.0 Å². The van der Waals surface area contributed by atoms with Crippen LogP contribution in [0.2, 0.25) is 0 Å². The highest BCUT2D eigenvalue weighted by atomic mass is 19.2. The van der Waals surface area contributed by atoms with Gasteiger partial charge in [0.2, 0.25) is 5.82 Å². The molecular weight excluding hydrogens is 343 g/mol. The molecular formula is C18H23F5O2. The fourth-order valence-corrected chi connectivity index (χ4v) is 2.43. The second-order valence-corrected chi connectivity index (χ2v) is 5.91. The average Bonchev–Trinajstić information content (AvgIpc) is 2.60. The Balaban J connectivity index is 2.34. The van der Waals surface area contributed by atoms with Crippen molar-refractivity contribution in [1.82, 2.24) is 0 Å². The van der Waals surface area contributed by atoms with Crippen molar-refractivity contribution in [2.45, 2.75) is 64.7 Å². The summed E-state index contributed by atoms with van der Waals surface area (Å²) in [7, 11) is 0. The first-order chi connectivity index (χ1) is 11.9. The van der Waals surface area contributed by atoms with E-state index in [4.69, 9.17) is 0 Å². The van der Waals surface area contributed by atoms with Crippen LogP contribution in [0.3, 0.4) is 0 Å². The molecule has 0 heterocycles. The van der Waals surface area contributed by atoms with Crippen LogP contribution in [0, 0.1) is 29.1 Å². The van der Waals surface area contributed by atoms with E-state index in [9.17, 15) is 26.7 Å². The molecule has 0 amide bonds. The first-order valence-corrected chi connectivity index (χ1v) is 8.60. The Kier molecular flexibility index (Phi) is 9.45. The number of esters is 1. The lowest BCUT2D eigenvalue weighted by molar-refractivity contribution is 0.0483. The Labute approximate surface area is 144 Å². The quantitative estimate of drug-likeness (QED) is 0.156. The lowest BCUT2D eigenvalue weighted by Crippen LogP contribution is -2.15. The lowest BCUT2D eigenvalue weighted by Gasteiger charge is -2.08. The second-order valence-electron chi connectivity index (χ2n) is 5.91. The predicted octanol–water partition coefficient (Wildman–Crippen LogP) is 6.07. The highest BCUT2D eigenvalue weighted by Crippen LogP contribution is 2.23. The molecule has 25 heavy (non-hydrogen) atoms. The maximum absolute atomic E-state index is 13.4. The zero-order chi connectivity index (χ0) is 18.8. The Bertz CT molecular complexity index is 546. The minimum Gasteiger partial charge on any atom is -0.462 e. The normalized spacial score (nSPS) is 11.0. The van der Waals surface area contributed by atoms with Gasteiger partial charge < -0.3 is 4.74 Å². The van der Waals surface area contributed by atoms with Gasteiger partial charge >= 0.3 is 5.97 Å². The van der Waals surface area contributed by atoms with Crippen molar-refractivity contribution in [3.63, 3.8) is 0 Å². The molecule has 0 fully saturated rings. The van der Waals surface area contributed by atoms with Gasteiger partial charge in [0.1, 0.15) is 5.56 Å². The first-order valence-electron chi connectivity index (χ1n) is 8.60. The van der Waals surface area contributed by atoms with E-state index in [1.807, 2.05) is 0 Å². The molecule has 0 N–H and O–H groups in total. The van der Waals surface area contributed by atoms with Gasteiger partial charge in [0.15, 0.2) is 23.3 Å². The van der Waals surface area contributed by atoms with Crippen LogP contribution in [0.1, 0.15) is 75.1 Å². The molecule has 1 rings (SSSR count). The van der Waals surface area contributed by atoms with Gasteiger partial charge in [-0.05, 0) is 6.42 Å². The Hall–Kier alpha value is -1.66. The van der Waals surface area contributed by atoms with Crippen LogP contribution in [0.5, 0.6) is 0 Å². The van der Waals surface area contributed by atoms with Crippen molar-refractivity contribution < 1.29 is 31.5 Å². The van der Waals surface area contributed by atoms with E-state index in [0.29, 0.717) is 6.42 Å². The number of rotatable bonds is 11. The summed E-state index contributed by atoms with van der Waals surface area (Å²) in [6, 6.07) is 0. The van der Waals surface area contributed by atoms with Gasteiger partial charge in [0.25, 0.3) is 0 Å². The van der Waals surface area contributed by atoms with Crippen molar-refractivity contribution in [2.24, 2.45) is 0 Å². The molecule has 0 bridgehead atoms. The molecule has 0 atom stereocenters. The number of carbonyl (C=O) groups is 1. The molecule has 0 unspecified atom stereocenters. The number of ether oxygens (including phenoxy) is 1. The number of benzene rings is 1. The minimum atomic E-state index is -2.30. The average molecular weight is 366 g/mol. The van der Waals surface area contributed by atoms with E-state index in [0.717, 1.165) is 25.7 Å². The van der Waals surface area contributed by atoms with E-state index in [1.165, 1.54) is 25.7 Å². The van der Waals surface area contributed by atoms with E-state index in [2.05, 4.69) is 11.7 Å². The topological polar surface area (TPSA) is 26.3 Å². The fraction of sp³-hybridized carbons (Fsp3) is 0.611. The standard InChI is InChI=1S/C18H23F5O2/c1-2-3-4-5-6-7-8-9-10-11-25-18(24)12-13(19)15(21)17(23)16(22)14(12)20/h2-11H2,1H3. The van der Waals surface area contributed by atoms with Gasteiger partial charge in [-0.1, -0.05) is 58.3 Å². The molecule has 142 valence electrons. The van der Waals surface area contributed by atoms with Crippen LogP contribution in [-0.2, 0) is 4.74 Å². The van der Waals surface area contributed by atoms with Crippen molar-refractivity contribution in [3.8, 4) is 0 Å². The molecule has 1 aromatic rings. The van der Waals surface area contributed by atoms with Crippen molar-refractivity contribution in [1.29, 1.82) is 0 Å². The predicted molar refractivity (Wildman–Crippen MR) is 83.7 cm³/mol. The van der Waals surface area contributed by atoms with E-state index in [-0.39, 0.29) is 6.61 Å². The van der Waals surface area contributed by atoms with E-state index >= 15 is 0 Å². The maximum atomic E-state index is 13.4. The van der Waals surface area contributed by atoms with Gasteiger partial charge in [0.05, 0.1) is 6.61 Å². The van der Waals surface area contributed by atoms with Gasteiger partial charge in [-0.3, -0.25) is 0 Å². The molecule has 0 aliphatic heterocycles. The number of hydrogen-bond donors (Lipinski definition) is 0. The van der Waals surface area contributed by atoms with Crippen LogP contribution in [-0.4, -0.2) is 12.6 Å². The summed E-state index contributed by atoms with van der Waals surface area (Å²) < 4.78 is 70.5. The summed E-state index contributed by atoms with van der Waals surface area (Å²) in [5.41, 5.74) is -1.55. The Morgan fingerprint density at radius 2 is 1.08 bits per heavy atom. The van der Waals surface area contributed by atoms with E-state index < -0.39 is 40.6 Å². The van der Waals surface area contributed by atoms with Crippen LogP contribution in [0.25, 0.3) is 0 Å². The largest absolute Gasteiger partial charge is 0.462 e. The SMILES string of the molecule is CCCCCCCCCCCOC(=O)c1c(F)c(F)c(F)c(F)c1F. The number of carbonyl (C=O) groups excluding carboxylic acids is 1. The molecule has 0 saturated carbocycles. The molecule has 7 heteroatoms. The molecule has 0 aliphatic carbocycles. The summed E-state index contributed by atoms with van der Waals surface area (Å²) in [4.78, 5) is 11.6. The summed E-state index contributed by atoms with van der Waals surface area (Å²) in [5, 5.41) is 0. The lowest BCUT2D eigenvalue weighted by atomic mass is 10.1. The summed E-state index contributed by atoms with van der Waals surface area (Å²) >= 11 is 0. The monoisotopic (exact) mass is 366 g/mol. The third kappa shape index (κ3) is 6.29. The second kappa shape index (κ2) is 11.1. The first kappa shape index (κ1) is 21.4. The highest BCUT2D eigenvalue weighted by molar-refractivity contribution is 5.90. The molecule has 0 aromatic heterocycles. The summed E-state index contributed by atoms with van der Waals surface area (Å²) in [6.45, 7) is 2.02. The van der Waals surface area contributed by atoms with Crippen LogP contribution >= 0.6 is 0 Å². The third-order valence-electron chi connectivity index (χ3n) is 3.89. The molecule has 2 nitrogen and oxygen atoms in total. The number of unbranched alkanes of at least 4 members (excludes halogenated alkanes) is 8. The summed E-state index contributed by atoms with van der Waals surface area (Å²) in [6.07, 6.45) is 9.17. The zero-order valence-corrected chi connectivity index (χ0v) is 14.3. The fourth-order valence-electron chi connectivity index (χ4n) is 2.43. The van der Waals surface area contributed by atoms with Crippen molar-refractivity contribution in [2.75, 3.05) is 6.61 Å². The molecule has 1 aromatic carbocycles. The molecule has 0 spiro atoms. The number of halogens is 5. The molecule has 0 aliphatic rings. The van der Waals surface area contributed by atoms with Crippen molar-refractivity contribution in [3.05, 3.63) is 34.6 Å².